The quantitative estimate of drug-likeness (QED) is 0.882. The summed E-state index contributed by atoms with van der Waals surface area (Å²) in [6.45, 7) is 4.64. The smallest absolute Gasteiger partial charge is 0.218 e. The van der Waals surface area contributed by atoms with Gasteiger partial charge in [0.25, 0.3) is 0 Å². The van der Waals surface area contributed by atoms with Gasteiger partial charge in [0.2, 0.25) is 5.88 Å². The third-order valence-electron chi connectivity index (χ3n) is 1.93. The second-order valence-corrected chi connectivity index (χ2v) is 4.70. The zero-order chi connectivity index (χ0) is 12.1. The van der Waals surface area contributed by atoms with Gasteiger partial charge in [-0.3, -0.25) is 4.98 Å². The molecule has 2 rings (SSSR count). The molecule has 0 unspecified atom stereocenters. The highest BCUT2D eigenvalue weighted by molar-refractivity contribution is 7.09. The van der Waals surface area contributed by atoms with E-state index in [1.54, 1.807) is 17.4 Å². The second kappa shape index (κ2) is 5.58. The van der Waals surface area contributed by atoms with Gasteiger partial charge in [-0.1, -0.05) is 0 Å². The molecule has 0 aliphatic heterocycles. The molecule has 0 aliphatic carbocycles. The number of aromatic nitrogens is 3. The summed E-state index contributed by atoms with van der Waals surface area (Å²) in [6, 6.07) is 1.79. The first-order valence-electron chi connectivity index (χ1n) is 5.34. The van der Waals surface area contributed by atoms with E-state index in [4.69, 9.17) is 4.74 Å². The van der Waals surface area contributed by atoms with Gasteiger partial charge in [-0.2, -0.15) is 0 Å². The number of hydrogen-bond donors (Lipinski definition) is 1. The SMILES string of the molecule is CC(C)Oc1cc(NCc2cncs2)ncn1. The third kappa shape index (κ3) is 3.67. The maximum atomic E-state index is 5.49. The second-order valence-electron chi connectivity index (χ2n) is 3.73. The molecule has 2 aromatic heterocycles. The summed E-state index contributed by atoms with van der Waals surface area (Å²) < 4.78 is 5.49. The van der Waals surface area contributed by atoms with Crippen LogP contribution in [0, 0.1) is 0 Å². The maximum Gasteiger partial charge on any atom is 0.218 e. The largest absolute Gasteiger partial charge is 0.475 e. The van der Waals surface area contributed by atoms with Gasteiger partial charge >= 0.3 is 0 Å². The van der Waals surface area contributed by atoms with Crippen molar-refractivity contribution in [2.45, 2.75) is 26.5 Å². The standard InChI is InChI=1S/C11H14N4OS/c1-8(2)16-11-3-10(14-6-15-11)13-5-9-4-12-7-17-9/h3-4,6-8H,5H2,1-2H3,(H,13,14,15). The lowest BCUT2D eigenvalue weighted by molar-refractivity contribution is 0.232. The molecule has 0 saturated heterocycles. The van der Waals surface area contributed by atoms with Gasteiger partial charge in [0.05, 0.1) is 18.2 Å². The third-order valence-corrected chi connectivity index (χ3v) is 2.71. The first-order valence-corrected chi connectivity index (χ1v) is 6.22. The molecule has 0 fully saturated rings. The molecule has 0 radical (unpaired) electrons. The Morgan fingerprint density at radius 2 is 2.29 bits per heavy atom. The van der Waals surface area contributed by atoms with Gasteiger partial charge < -0.3 is 10.1 Å². The van der Waals surface area contributed by atoms with Crippen LogP contribution in [0.1, 0.15) is 18.7 Å². The van der Waals surface area contributed by atoms with Crippen LogP contribution < -0.4 is 10.1 Å². The molecule has 0 atom stereocenters. The molecule has 0 amide bonds. The van der Waals surface area contributed by atoms with E-state index in [1.807, 2.05) is 25.6 Å². The van der Waals surface area contributed by atoms with E-state index < -0.39 is 0 Å². The summed E-state index contributed by atoms with van der Waals surface area (Å²) in [5.41, 5.74) is 1.81. The molecular formula is C11H14N4OS. The van der Waals surface area contributed by atoms with Crippen molar-refractivity contribution in [2.75, 3.05) is 5.32 Å². The Labute approximate surface area is 104 Å². The predicted octanol–water partition coefficient (Wildman–Crippen LogP) is 2.33. The Hall–Kier alpha value is -1.69. The van der Waals surface area contributed by atoms with Crippen LogP contribution in [-0.4, -0.2) is 21.1 Å². The zero-order valence-corrected chi connectivity index (χ0v) is 10.6. The topological polar surface area (TPSA) is 59.9 Å². The zero-order valence-electron chi connectivity index (χ0n) is 9.75. The maximum absolute atomic E-state index is 5.49. The Balaban J connectivity index is 1.96. The molecular weight excluding hydrogens is 236 g/mol. The Morgan fingerprint density at radius 1 is 1.41 bits per heavy atom. The monoisotopic (exact) mass is 250 g/mol. The lowest BCUT2D eigenvalue weighted by Gasteiger charge is -2.09. The average molecular weight is 250 g/mol. The Bertz CT molecular complexity index is 458. The van der Waals surface area contributed by atoms with Gasteiger partial charge in [0.15, 0.2) is 0 Å². The average Bonchev–Trinajstić information content (AvgIpc) is 2.79. The molecule has 5 nitrogen and oxygen atoms in total. The molecule has 0 bridgehead atoms. The highest BCUT2D eigenvalue weighted by Crippen LogP contribution is 2.14. The van der Waals surface area contributed by atoms with Crippen molar-refractivity contribution in [2.24, 2.45) is 0 Å². The van der Waals surface area contributed by atoms with E-state index in [0.29, 0.717) is 12.4 Å². The van der Waals surface area contributed by atoms with Crippen LogP contribution in [-0.2, 0) is 6.54 Å². The number of hydrogen-bond acceptors (Lipinski definition) is 6. The summed E-state index contributed by atoms with van der Waals surface area (Å²) in [5.74, 6) is 1.34. The van der Waals surface area contributed by atoms with Crippen LogP contribution in [0.5, 0.6) is 5.88 Å². The number of nitrogens with zero attached hydrogens (tertiary/aromatic N) is 3. The Kier molecular flexibility index (Phi) is 3.87. The van der Waals surface area contributed by atoms with Gasteiger partial charge in [-0.25, -0.2) is 9.97 Å². The van der Waals surface area contributed by atoms with Crippen molar-refractivity contribution in [3.8, 4) is 5.88 Å². The van der Waals surface area contributed by atoms with Gasteiger partial charge in [0.1, 0.15) is 12.1 Å². The van der Waals surface area contributed by atoms with Crippen LogP contribution in [0.25, 0.3) is 0 Å². The summed E-state index contributed by atoms with van der Waals surface area (Å²) in [6.07, 6.45) is 3.44. The van der Waals surface area contributed by atoms with Crippen molar-refractivity contribution in [3.05, 3.63) is 29.0 Å². The lowest BCUT2D eigenvalue weighted by Crippen LogP contribution is -2.08. The summed E-state index contributed by atoms with van der Waals surface area (Å²) in [5, 5.41) is 3.20. The van der Waals surface area contributed by atoms with Crippen LogP contribution in [0.4, 0.5) is 5.82 Å². The fraction of sp³-hybridized carbons (Fsp3) is 0.364. The number of rotatable bonds is 5. The lowest BCUT2D eigenvalue weighted by atomic mass is 10.4. The van der Waals surface area contributed by atoms with Crippen molar-refractivity contribution in [1.29, 1.82) is 0 Å². The highest BCUT2D eigenvalue weighted by Gasteiger charge is 2.02. The molecule has 17 heavy (non-hydrogen) atoms. The van der Waals surface area contributed by atoms with Crippen molar-refractivity contribution >= 4 is 17.2 Å². The van der Waals surface area contributed by atoms with E-state index in [1.165, 1.54) is 6.33 Å². The molecule has 0 aromatic carbocycles. The van der Waals surface area contributed by atoms with Gasteiger partial charge in [-0.05, 0) is 13.8 Å². The van der Waals surface area contributed by atoms with E-state index >= 15 is 0 Å². The summed E-state index contributed by atoms with van der Waals surface area (Å²) in [4.78, 5) is 13.3. The molecule has 2 aromatic rings. The van der Waals surface area contributed by atoms with Crippen molar-refractivity contribution in [1.82, 2.24) is 15.0 Å². The Morgan fingerprint density at radius 3 is 3.00 bits per heavy atom. The van der Waals surface area contributed by atoms with Crippen molar-refractivity contribution < 1.29 is 4.74 Å². The predicted molar refractivity (Wildman–Crippen MR) is 67.2 cm³/mol. The molecule has 0 spiro atoms. The van der Waals surface area contributed by atoms with E-state index in [-0.39, 0.29) is 6.10 Å². The van der Waals surface area contributed by atoms with Crippen molar-refractivity contribution in [3.63, 3.8) is 0 Å². The number of thiazole rings is 1. The minimum Gasteiger partial charge on any atom is -0.475 e. The van der Waals surface area contributed by atoms with Crippen LogP contribution in [0.2, 0.25) is 0 Å². The fourth-order valence-electron chi connectivity index (χ4n) is 1.25. The number of ether oxygens (including phenoxy) is 1. The minimum absolute atomic E-state index is 0.110. The number of anilines is 1. The summed E-state index contributed by atoms with van der Waals surface area (Å²) in [7, 11) is 0. The van der Waals surface area contributed by atoms with Gasteiger partial charge in [-0.15, -0.1) is 11.3 Å². The fourth-order valence-corrected chi connectivity index (χ4v) is 1.78. The van der Waals surface area contributed by atoms with E-state index in [2.05, 4.69) is 20.3 Å². The molecule has 0 aliphatic rings. The normalized spacial score (nSPS) is 10.5. The first kappa shape index (κ1) is 11.8. The molecule has 6 heteroatoms. The number of nitrogens with one attached hydrogen (secondary N) is 1. The summed E-state index contributed by atoms with van der Waals surface area (Å²) >= 11 is 1.61. The highest BCUT2D eigenvalue weighted by atomic mass is 32.1. The van der Waals surface area contributed by atoms with E-state index in [9.17, 15) is 0 Å². The molecule has 2 heterocycles. The molecule has 0 saturated carbocycles. The van der Waals surface area contributed by atoms with Crippen LogP contribution in [0.3, 0.4) is 0 Å². The van der Waals surface area contributed by atoms with Gasteiger partial charge in [0, 0.05) is 17.1 Å². The molecule has 90 valence electrons. The first-order chi connectivity index (χ1) is 8.24. The van der Waals surface area contributed by atoms with Crippen LogP contribution >= 0.6 is 11.3 Å². The molecule has 1 N–H and O–H groups in total. The van der Waals surface area contributed by atoms with Crippen LogP contribution in [0.15, 0.2) is 24.1 Å². The minimum atomic E-state index is 0.110. The van der Waals surface area contributed by atoms with E-state index in [0.717, 1.165) is 10.7 Å².